The highest BCUT2D eigenvalue weighted by Crippen LogP contribution is 2.67. The summed E-state index contributed by atoms with van der Waals surface area (Å²) in [6, 6.07) is 0. The summed E-state index contributed by atoms with van der Waals surface area (Å²) in [4.78, 5) is 12.2. The van der Waals surface area contributed by atoms with Crippen molar-refractivity contribution in [1.82, 2.24) is 0 Å². The fourth-order valence-electron chi connectivity index (χ4n) is 4.51. The zero-order chi connectivity index (χ0) is 23.4. The summed E-state index contributed by atoms with van der Waals surface area (Å²) < 4.78 is 113. The Morgan fingerprint density at radius 3 is 2.03 bits per heavy atom. The van der Waals surface area contributed by atoms with Gasteiger partial charge in [0.2, 0.25) is 17.0 Å². The molecule has 0 radical (unpaired) electrons. The van der Waals surface area contributed by atoms with Gasteiger partial charge in [-0.15, -0.1) is 0 Å². The van der Waals surface area contributed by atoms with Crippen molar-refractivity contribution in [2.75, 3.05) is 0 Å². The molecular formula is C19H25F7O4. The Morgan fingerprint density at radius 2 is 1.63 bits per heavy atom. The lowest BCUT2D eigenvalue weighted by atomic mass is 9.61. The van der Waals surface area contributed by atoms with Gasteiger partial charge in [-0.05, 0) is 33.1 Å². The Kier molecular flexibility index (Phi) is 6.11. The number of ether oxygens (including phenoxy) is 2. The van der Waals surface area contributed by atoms with E-state index in [1.165, 1.54) is 0 Å². The number of alkyl halides is 7. The molecule has 0 aromatic rings. The topological polar surface area (TPSA) is 55.8 Å². The van der Waals surface area contributed by atoms with E-state index in [9.17, 15) is 23.1 Å². The van der Waals surface area contributed by atoms with Crippen LogP contribution in [-0.2, 0) is 14.3 Å². The van der Waals surface area contributed by atoms with Crippen molar-refractivity contribution >= 4 is 5.97 Å². The van der Waals surface area contributed by atoms with Crippen LogP contribution in [0.4, 0.5) is 30.7 Å². The SMILES string of the molecule is C=C(C)C(=O)OC1(C2CCCCC2)C(F)(F)C(C)(O)OC(CC)(C(F)(F)F)C1(F)F. The van der Waals surface area contributed by atoms with Crippen molar-refractivity contribution in [3.63, 3.8) is 0 Å². The zero-order valence-corrected chi connectivity index (χ0v) is 16.8. The standard InChI is InChI=1S/C19H25F7O4/c1-5-15(19(24,25)26)18(22,23)16(29-13(27)11(2)3,12-9-7-6-8-10-12)17(20,21)14(4,28)30-15/h12,28H,2,5-10H2,1,3-4H3. The van der Waals surface area contributed by atoms with Gasteiger partial charge >= 0.3 is 24.0 Å². The van der Waals surface area contributed by atoms with Crippen LogP contribution in [0, 0.1) is 5.92 Å². The zero-order valence-electron chi connectivity index (χ0n) is 16.8. The number of carbonyl (C=O) groups excluding carboxylic acids is 1. The molecule has 1 saturated heterocycles. The number of hydrogen-bond acceptors (Lipinski definition) is 4. The maximum Gasteiger partial charge on any atom is 0.423 e. The molecule has 0 aromatic heterocycles. The first-order valence-corrected chi connectivity index (χ1v) is 9.59. The van der Waals surface area contributed by atoms with Crippen LogP contribution in [0.15, 0.2) is 12.2 Å². The molecule has 1 N–H and O–H groups in total. The second-order valence-corrected chi connectivity index (χ2v) is 8.15. The van der Waals surface area contributed by atoms with E-state index >= 15 is 17.6 Å². The summed E-state index contributed by atoms with van der Waals surface area (Å²) in [7, 11) is 0. The molecule has 3 atom stereocenters. The van der Waals surface area contributed by atoms with Gasteiger partial charge in [-0.3, -0.25) is 0 Å². The Labute approximate surface area is 169 Å². The fraction of sp³-hybridized carbons (Fsp3) is 0.842. The van der Waals surface area contributed by atoms with E-state index in [0.29, 0.717) is 13.3 Å². The van der Waals surface area contributed by atoms with Crippen molar-refractivity contribution in [3.05, 3.63) is 12.2 Å². The van der Waals surface area contributed by atoms with Crippen LogP contribution < -0.4 is 0 Å². The Morgan fingerprint density at radius 1 is 1.13 bits per heavy atom. The van der Waals surface area contributed by atoms with Gasteiger partial charge in [-0.25, -0.2) is 4.79 Å². The van der Waals surface area contributed by atoms with Gasteiger partial charge in [-0.2, -0.15) is 30.7 Å². The summed E-state index contributed by atoms with van der Waals surface area (Å²) in [6.07, 6.45) is -7.25. The maximum absolute atomic E-state index is 15.8. The van der Waals surface area contributed by atoms with Gasteiger partial charge in [0.05, 0.1) is 0 Å². The number of carbonyl (C=O) groups is 1. The predicted molar refractivity (Wildman–Crippen MR) is 90.9 cm³/mol. The minimum absolute atomic E-state index is 0.164. The lowest BCUT2D eigenvalue weighted by molar-refractivity contribution is -0.523. The first-order valence-electron chi connectivity index (χ1n) is 9.59. The highest BCUT2D eigenvalue weighted by molar-refractivity contribution is 5.87. The fourth-order valence-corrected chi connectivity index (χ4v) is 4.51. The third-order valence-corrected chi connectivity index (χ3v) is 6.13. The van der Waals surface area contributed by atoms with Crippen LogP contribution in [0.2, 0.25) is 0 Å². The normalized spacial score (nSPS) is 36.9. The number of halogens is 7. The first kappa shape index (κ1) is 24.9. The minimum atomic E-state index is -5.87. The number of esters is 1. The van der Waals surface area contributed by atoms with E-state index in [-0.39, 0.29) is 32.6 Å². The molecule has 2 rings (SSSR count). The molecule has 30 heavy (non-hydrogen) atoms. The molecule has 0 amide bonds. The van der Waals surface area contributed by atoms with Crippen molar-refractivity contribution < 1.29 is 50.1 Å². The highest BCUT2D eigenvalue weighted by Gasteiger charge is 2.93. The largest absolute Gasteiger partial charge is 0.442 e. The molecule has 0 spiro atoms. The Balaban J connectivity index is 2.94. The van der Waals surface area contributed by atoms with Crippen LogP contribution in [0.3, 0.4) is 0 Å². The van der Waals surface area contributed by atoms with Crippen molar-refractivity contribution in [2.24, 2.45) is 5.92 Å². The van der Waals surface area contributed by atoms with Gasteiger partial charge in [0, 0.05) is 11.5 Å². The minimum Gasteiger partial charge on any atom is -0.442 e. The summed E-state index contributed by atoms with van der Waals surface area (Å²) >= 11 is 0. The molecule has 0 bridgehead atoms. The molecule has 2 fully saturated rings. The van der Waals surface area contributed by atoms with Crippen molar-refractivity contribution in [1.29, 1.82) is 0 Å². The molecule has 11 heteroatoms. The van der Waals surface area contributed by atoms with E-state index in [2.05, 4.69) is 16.1 Å². The van der Waals surface area contributed by atoms with Gasteiger partial charge < -0.3 is 14.6 Å². The number of hydrogen-bond donors (Lipinski definition) is 1. The van der Waals surface area contributed by atoms with Crippen molar-refractivity contribution in [2.45, 2.75) is 94.3 Å². The number of aliphatic hydroxyl groups is 1. The molecule has 1 aliphatic carbocycles. The smallest absolute Gasteiger partial charge is 0.423 e. The highest BCUT2D eigenvalue weighted by atomic mass is 19.4. The predicted octanol–water partition coefficient (Wildman–Crippen LogP) is 5.15. The van der Waals surface area contributed by atoms with E-state index in [1.807, 2.05) is 0 Å². The molecule has 1 heterocycles. The molecule has 174 valence electrons. The first-order chi connectivity index (χ1) is 13.5. The third-order valence-electron chi connectivity index (χ3n) is 6.13. The second kappa shape index (κ2) is 7.36. The van der Waals surface area contributed by atoms with Gasteiger partial charge in [0.25, 0.3) is 0 Å². The molecule has 2 aliphatic rings. The van der Waals surface area contributed by atoms with E-state index < -0.39 is 58.9 Å². The summed E-state index contributed by atoms with van der Waals surface area (Å²) in [5.41, 5.74) is -9.38. The van der Waals surface area contributed by atoms with Crippen LogP contribution in [0.25, 0.3) is 0 Å². The van der Waals surface area contributed by atoms with Gasteiger partial charge in [0.1, 0.15) is 0 Å². The second-order valence-electron chi connectivity index (χ2n) is 8.15. The monoisotopic (exact) mass is 450 g/mol. The van der Waals surface area contributed by atoms with Crippen LogP contribution >= 0.6 is 0 Å². The van der Waals surface area contributed by atoms with E-state index in [0.717, 1.165) is 6.92 Å². The summed E-state index contributed by atoms with van der Waals surface area (Å²) in [6.45, 7) is 4.99. The summed E-state index contributed by atoms with van der Waals surface area (Å²) in [5.74, 6) is -18.1. The average molecular weight is 450 g/mol. The average Bonchev–Trinajstić information content (AvgIpc) is 2.61. The molecule has 4 nitrogen and oxygen atoms in total. The van der Waals surface area contributed by atoms with Crippen LogP contribution in [0.1, 0.15) is 59.3 Å². The molecule has 1 saturated carbocycles. The molecular weight excluding hydrogens is 425 g/mol. The van der Waals surface area contributed by atoms with E-state index in [1.54, 1.807) is 0 Å². The van der Waals surface area contributed by atoms with Gasteiger partial charge in [0.15, 0.2) is 0 Å². The Bertz CT molecular complexity index is 697. The Hall–Kier alpha value is -1.36. The molecule has 3 unspecified atom stereocenters. The van der Waals surface area contributed by atoms with Crippen molar-refractivity contribution in [3.8, 4) is 0 Å². The molecule has 1 aliphatic heterocycles. The molecule has 0 aromatic carbocycles. The van der Waals surface area contributed by atoms with Gasteiger partial charge in [-0.1, -0.05) is 32.8 Å². The van der Waals surface area contributed by atoms with E-state index in [4.69, 9.17) is 0 Å². The van der Waals surface area contributed by atoms with Crippen LogP contribution in [0.5, 0.6) is 0 Å². The lowest BCUT2D eigenvalue weighted by Gasteiger charge is -2.62. The van der Waals surface area contributed by atoms with Crippen LogP contribution in [-0.4, -0.2) is 46.1 Å². The number of rotatable bonds is 4. The lowest BCUT2D eigenvalue weighted by Crippen LogP contribution is -2.86. The summed E-state index contributed by atoms with van der Waals surface area (Å²) in [5, 5.41) is 10.3. The third kappa shape index (κ3) is 3.06. The maximum atomic E-state index is 15.8. The quantitative estimate of drug-likeness (QED) is 0.366.